The van der Waals surface area contributed by atoms with E-state index in [1.165, 1.54) is 37.3 Å². The summed E-state index contributed by atoms with van der Waals surface area (Å²) in [6.45, 7) is 0.787. The molecule has 0 spiro atoms. The molecule has 2 N–H and O–H groups in total. The molecule has 0 aliphatic rings. The highest BCUT2D eigenvalue weighted by Crippen LogP contribution is 2.13. The average molecular weight is 330 g/mol. The number of halogens is 1. The fraction of sp³-hybridized carbons (Fsp3) is 0.118. The van der Waals surface area contributed by atoms with Gasteiger partial charge in [-0.05, 0) is 30.3 Å². The lowest BCUT2D eigenvalue weighted by Gasteiger charge is -2.08. The molecule has 0 radical (unpaired) electrons. The number of amides is 2. The topological polar surface area (TPSA) is 84.5 Å². The number of carbonyl (C=O) groups is 3. The Morgan fingerprint density at radius 1 is 1.04 bits per heavy atom. The van der Waals surface area contributed by atoms with Crippen LogP contribution in [0.5, 0.6) is 0 Å². The van der Waals surface area contributed by atoms with Gasteiger partial charge < -0.3 is 15.4 Å². The Hall–Kier alpha value is -3.22. The molecule has 0 unspecified atom stereocenters. The number of nitrogens with one attached hydrogen (secondary N) is 2. The van der Waals surface area contributed by atoms with Crippen LogP contribution in [0.2, 0.25) is 0 Å². The fourth-order valence-corrected chi connectivity index (χ4v) is 1.89. The van der Waals surface area contributed by atoms with Crippen LogP contribution in [0.3, 0.4) is 0 Å². The summed E-state index contributed by atoms with van der Waals surface area (Å²) in [5.74, 6) is -2.25. The van der Waals surface area contributed by atoms with Gasteiger partial charge in [0, 0.05) is 12.6 Å². The van der Waals surface area contributed by atoms with Gasteiger partial charge in [0.1, 0.15) is 5.82 Å². The van der Waals surface area contributed by atoms with Crippen LogP contribution in [-0.2, 0) is 14.3 Å². The molecule has 0 saturated heterocycles. The molecule has 0 saturated carbocycles. The van der Waals surface area contributed by atoms with E-state index in [1.807, 2.05) is 0 Å². The first-order chi connectivity index (χ1) is 11.5. The summed E-state index contributed by atoms with van der Waals surface area (Å²) in [6, 6.07) is 11.8. The summed E-state index contributed by atoms with van der Waals surface area (Å²) in [7, 11) is 0. The number of esters is 1. The number of para-hydroxylation sites is 1. The van der Waals surface area contributed by atoms with Crippen LogP contribution in [-0.4, -0.2) is 24.4 Å². The van der Waals surface area contributed by atoms with Crippen LogP contribution in [0.1, 0.15) is 17.3 Å². The van der Waals surface area contributed by atoms with Gasteiger partial charge in [0.05, 0.1) is 11.3 Å². The van der Waals surface area contributed by atoms with Crippen molar-refractivity contribution in [2.75, 3.05) is 17.2 Å². The summed E-state index contributed by atoms with van der Waals surface area (Å²) < 4.78 is 18.3. The molecule has 2 amide bonds. The first kappa shape index (κ1) is 17.1. The molecule has 124 valence electrons. The first-order valence-electron chi connectivity index (χ1n) is 7.05. The molecule has 2 aromatic carbocycles. The van der Waals surface area contributed by atoms with E-state index in [1.54, 1.807) is 18.2 Å². The Bertz CT molecular complexity index is 777. The smallest absolute Gasteiger partial charge is 0.338 e. The van der Waals surface area contributed by atoms with Gasteiger partial charge in [-0.1, -0.05) is 18.2 Å². The number of ether oxygens (including phenoxy) is 1. The van der Waals surface area contributed by atoms with Gasteiger partial charge >= 0.3 is 5.97 Å². The van der Waals surface area contributed by atoms with Gasteiger partial charge in [0.15, 0.2) is 6.61 Å². The maximum atomic E-state index is 13.4. The Balaban J connectivity index is 1.92. The van der Waals surface area contributed by atoms with Crippen molar-refractivity contribution in [1.29, 1.82) is 0 Å². The molecule has 7 heteroatoms. The monoisotopic (exact) mass is 330 g/mol. The van der Waals surface area contributed by atoms with Crippen LogP contribution in [0.15, 0.2) is 48.5 Å². The van der Waals surface area contributed by atoms with E-state index >= 15 is 0 Å². The molecule has 0 aromatic heterocycles. The van der Waals surface area contributed by atoms with Crippen molar-refractivity contribution >= 4 is 29.2 Å². The minimum atomic E-state index is -0.731. The SMILES string of the molecule is CC(=O)Nc1cccc(C(=O)OCC(=O)Nc2ccccc2F)c1. The van der Waals surface area contributed by atoms with E-state index in [2.05, 4.69) is 10.6 Å². The minimum absolute atomic E-state index is 0.00574. The number of anilines is 2. The average Bonchev–Trinajstić information content (AvgIpc) is 2.54. The second-order valence-electron chi connectivity index (χ2n) is 4.87. The lowest BCUT2D eigenvalue weighted by atomic mass is 10.2. The molecular formula is C17H15FN2O4. The van der Waals surface area contributed by atoms with Crippen molar-refractivity contribution in [3.8, 4) is 0 Å². The third-order valence-corrected chi connectivity index (χ3v) is 2.90. The van der Waals surface area contributed by atoms with Crippen molar-refractivity contribution in [3.63, 3.8) is 0 Å². The summed E-state index contributed by atoms with van der Waals surface area (Å²) >= 11 is 0. The first-order valence-corrected chi connectivity index (χ1v) is 7.05. The molecule has 0 bridgehead atoms. The molecule has 2 aromatic rings. The molecule has 24 heavy (non-hydrogen) atoms. The van der Waals surface area contributed by atoms with Gasteiger partial charge in [0.2, 0.25) is 5.91 Å². The number of hydrogen-bond donors (Lipinski definition) is 2. The number of rotatable bonds is 5. The van der Waals surface area contributed by atoms with Crippen molar-refractivity contribution < 1.29 is 23.5 Å². The second kappa shape index (κ2) is 7.87. The van der Waals surface area contributed by atoms with Gasteiger partial charge in [-0.25, -0.2) is 9.18 Å². The standard InChI is InChI=1S/C17H15FN2O4/c1-11(21)19-13-6-4-5-12(9-13)17(23)24-10-16(22)20-15-8-3-2-7-14(15)18/h2-9H,10H2,1H3,(H,19,21)(H,20,22). The zero-order chi connectivity index (χ0) is 17.5. The minimum Gasteiger partial charge on any atom is -0.452 e. The Morgan fingerprint density at radius 2 is 1.79 bits per heavy atom. The molecule has 2 rings (SSSR count). The summed E-state index contributed by atoms with van der Waals surface area (Å²) in [6.07, 6.45) is 0. The zero-order valence-electron chi connectivity index (χ0n) is 12.8. The lowest BCUT2D eigenvalue weighted by molar-refractivity contribution is -0.119. The van der Waals surface area contributed by atoms with Crippen molar-refractivity contribution in [2.45, 2.75) is 6.92 Å². The van der Waals surface area contributed by atoms with Gasteiger partial charge in [-0.2, -0.15) is 0 Å². The lowest BCUT2D eigenvalue weighted by Crippen LogP contribution is -2.21. The van der Waals surface area contributed by atoms with Crippen LogP contribution in [0, 0.1) is 5.82 Å². The van der Waals surface area contributed by atoms with Crippen LogP contribution in [0.25, 0.3) is 0 Å². The highest BCUT2D eigenvalue weighted by atomic mass is 19.1. The third kappa shape index (κ3) is 4.91. The fourth-order valence-electron chi connectivity index (χ4n) is 1.89. The molecule has 0 atom stereocenters. The maximum absolute atomic E-state index is 13.4. The van der Waals surface area contributed by atoms with E-state index in [-0.39, 0.29) is 17.2 Å². The van der Waals surface area contributed by atoms with Crippen LogP contribution < -0.4 is 10.6 Å². The maximum Gasteiger partial charge on any atom is 0.338 e. The number of benzene rings is 2. The molecule has 0 aliphatic heterocycles. The summed E-state index contributed by atoms with van der Waals surface area (Å²) in [5, 5.41) is 4.84. The highest BCUT2D eigenvalue weighted by molar-refractivity contribution is 5.96. The molecule has 6 nitrogen and oxygen atoms in total. The van der Waals surface area contributed by atoms with Gasteiger partial charge in [0.25, 0.3) is 5.91 Å². The van der Waals surface area contributed by atoms with E-state index < -0.39 is 24.3 Å². The molecule has 0 aliphatic carbocycles. The largest absolute Gasteiger partial charge is 0.452 e. The van der Waals surface area contributed by atoms with E-state index in [9.17, 15) is 18.8 Å². The quantitative estimate of drug-likeness (QED) is 0.825. The normalized spacial score (nSPS) is 9.92. The predicted octanol–water partition coefficient (Wildman–Crippen LogP) is 2.58. The zero-order valence-corrected chi connectivity index (χ0v) is 12.8. The summed E-state index contributed by atoms with van der Waals surface area (Å²) in [5.41, 5.74) is 0.624. The van der Waals surface area contributed by atoms with Gasteiger partial charge in [-0.3, -0.25) is 9.59 Å². The van der Waals surface area contributed by atoms with Crippen LogP contribution >= 0.6 is 0 Å². The summed E-state index contributed by atoms with van der Waals surface area (Å²) in [4.78, 5) is 34.6. The molecule has 0 fully saturated rings. The Kier molecular flexibility index (Phi) is 5.62. The van der Waals surface area contributed by atoms with Crippen molar-refractivity contribution in [2.24, 2.45) is 0 Å². The van der Waals surface area contributed by atoms with E-state index in [4.69, 9.17) is 4.74 Å². The van der Waals surface area contributed by atoms with Gasteiger partial charge in [-0.15, -0.1) is 0 Å². The van der Waals surface area contributed by atoms with Crippen molar-refractivity contribution in [1.82, 2.24) is 0 Å². The van der Waals surface area contributed by atoms with E-state index in [0.717, 1.165) is 0 Å². The molecular weight excluding hydrogens is 315 g/mol. The van der Waals surface area contributed by atoms with Crippen molar-refractivity contribution in [3.05, 3.63) is 59.9 Å². The van der Waals surface area contributed by atoms with Crippen LogP contribution in [0.4, 0.5) is 15.8 Å². The van der Waals surface area contributed by atoms with E-state index in [0.29, 0.717) is 5.69 Å². The predicted molar refractivity (Wildman–Crippen MR) is 86.1 cm³/mol. The Morgan fingerprint density at radius 3 is 2.50 bits per heavy atom. The highest BCUT2D eigenvalue weighted by Gasteiger charge is 2.12. The second-order valence-corrected chi connectivity index (χ2v) is 4.87. The number of carbonyl (C=O) groups excluding carboxylic acids is 3. The Labute approximate surface area is 137 Å². The number of hydrogen-bond acceptors (Lipinski definition) is 4. The molecule has 0 heterocycles. The third-order valence-electron chi connectivity index (χ3n) is 2.90.